The Labute approximate surface area is 115 Å². The minimum absolute atomic E-state index is 0.0396. The van der Waals surface area contributed by atoms with Crippen molar-refractivity contribution in [2.24, 2.45) is 0 Å². The first-order valence-electron chi connectivity index (χ1n) is 5.37. The molecular weight excluding hydrogens is 302 g/mol. The molecular formula is C12H16BrNO2S. The van der Waals surface area contributed by atoms with E-state index in [4.69, 9.17) is 5.11 Å². The summed E-state index contributed by atoms with van der Waals surface area (Å²) in [5.41, 5.74) is 0.569. The number of nitrogens with zero attached hydrogens (tertiary/aromatic N) is 1. The first-order chi connectivity index (χ1) is 7.97. The number of aliphatic hydroxyl groups excluding tert-OH is 1. The van der Waals surface area contributed by atoms with Crippen LogP contribution in [0.25, 0.3) is 0 Å². The van der Waals surface area contributed by atoms with Crippen molar-refractivity contribution in [2.75, 3.05) is 13.2 Å². The van der Waals surface area contributed by atoms with Gasteiger partial charge in [0.1, 0.15) is 0 Å². The lowest BCUT2D eigenvalue weighted by molar-refractivity contribution is 0.0664. The van der Waals surface area contributed by atoms with Gasteiger partial charge in [0.15, 0.2) is 0 Å². The van der Waals surface area contributed by atoms with Gasteiger partial charge in [0.25, 0.3) is 5.91 Å². The molecule has 0 bridgehead atoms. The molecule has 0 aliphatic rings. The van der Waals surface area contributed by atoms with E-state index in [2.05, 4.69) is 28.6 Å². The third-order valence-electron chi connectivity index (χ3n) is 2.41. The van der Waals surface area contributed by atoms with Gasteiger partial charge < -0.3 is 10.0 Å². The van der Waals surface area contributed by atoms with Crippen LogP contribution in [0.15, 0.2) is 27.6 Å². The predicted molar refractivity (Wildman–Crippen MR) is 74.7 cm³/mol. The van der Waals surface area contributed by atoms with E-state index in [-0.39, 0.29) is 18.6 Å². The third kappa shape index (κ3) is 3.72. The first-order valence-corrected chi connectivity index (χ1v) is 6.61. The molecule has 0 saturated carbocycles. The Morgan fingerprint density at radius 3 is 2.71 bits per heavy atom. The number of rotatable bonds is 4. The smallest absolute Gasteiger partial charge is 0.255 e. The van der Waals surface area contributed by atoms with Gasteiger partial charge in [-0.3, -0.25) is 4.79 Å². The Morgan fingerprint density at radius 1 is 1.53 bits per heavy atom. The summed E-state index contributed by atoms with van der Waals surface area (Å²) in [6.07, 6.45) is 0. The summed E-state index contributed by atoms with van der Waals surface area (Å²) >= 11 is 7.58. The van der Waals surface area contributed by atoms with Gasteiger partial charge in [-0.2, -0.15) is 0 Å². The second-order valence-electron chi connectivity index (χ2n) is 3.98. The lowest BCUT2D eigenvalue weighted by Crippen LogP contribution is -2.39. The van der Waals surface area contributed by atoms with Gasteiger partial charge in [-0.1, -0.05) is 0 Å². The van der Waals surface area contributed by atoms with Gasteiger partial charge in [0, 0.05) is 22.0 Å². The summed E-state index contributed by atoms with van der Waals surface area (Å²) in [5.74, 6) is -0.100. The fourth-order valence-corrected chi connectivity index (χ4v) is 2.15. The molecule has 1 aromatic rings. The van der Waals surface area contributed by atoms with E-state index in [0.717, 1.165) is 9.37 Å². The van der Waals surface area contributed by atoms with Crippen LogP contribution < -0.4 is 0 Å². The number of carbonyl (C=O) groups excluding carboxylic acids is 1. The SMILES string of the molecule is CC(C)N(CCO)C(=O)c1cc(S)ccc1Br. The quantitative estimate of drug-likeness (QED) is 0.838. The largest absolute Gasteiger partial charge is 0.395 e. The number of amides is 1. The average molecular weight is 318 g/mol. The Morgan fingerprint density at radius 2 is 2.18 bits per heavy atom. The van der Waals surface area contributed by atoms with Crippen LogP contribution in [-0.2, 0) is 0 Å². The third-order valence-corrected chi connectivity index (χ3v) is 3.38. The van der Waals surface area contributed by atoms with E-state index < -0.39 is 0 Å². The van der Waals surface area contributed by atoms with Gasteiger partial charge >= 0.3 is 0 Å². The highest BCUT2D eigenvalue weighted by Gasteiger charge is 2.20. The molecule has 0 saturated heterocycles. The molecule has 0 aliphatic heterocycles. The second kappa shape index (κ2) is 6.42. The molecule has 1 aromatic carbocycles. The van der Waals surface area contributed by atoms with Crippen molar-refractivity contribution in [1.29, 1.82) is 0 Å². The molecule has 17 heavy (non-hydrogen) atoms. The Hall–Kier alpha value is -0.520. The lowest BCUT2D eigenvalue weighted by atomic mass is 10.1. The van der Waals surface area contributed by atoms with E-state index in [1.165, 1.54) is 0 Å². The van der Waals surface area contributed by atoms with Crippen LogP contribution in [0.3, 0.4) is 0 Å². The first kappa shape index (κ1) is 14.5. The van der Waals surface area contributed by atoms with Crippen molar-refractivity contribution in [3.8, 4) is 0 Å². The minimum atomic E-state index is -0.100. The Bertz CT molecular complexity index is 409. The van der Waals surface area contributed by atoms with Crippen LogP contribution in [0.4, 0.5) is 0 Å². The molecule has 1 N–H and O–H groups in total. The Kier molecular flexibility index (Phi) is 5.49. The number of hydrogen-bond donors (Lipinski definition) is 2. The van der Waals surface area contributed by atoms with Crippen molar-refractivity contribution in [3.63, 3.8) is 0 Å². The number of benzene rings is 1. The summed E-state index contributed by atoms with van der Waals surface area (Å²) < 4.78 is 0.740. The van der Waals surface area contributed by atoms with Crippen molar-refractivity contribution in [1.82, 2.24) is 4.90 Å². The highest BCUT2D eigenvalue weighted by atomic mass is 79.9. The molecule has 94 valence electrons. The maximum atomic E-state index is 12.3. The molecule has 0 radical (unpaired) electrons. The fraction of sp³-hybridized carbons (Fsp3) is 0.417. The standard InChI is InChI=1S/C12H16BrNO2S/c1-8(2)14(5-6-15)12(16)10-7-9(17)3-4-11(10)13/h3-4,7-8,15,17H,5-6H2,1-2H3. The zero-order valence-corrected chi connectivity index (χ0v) is 12.3. The maximum absolute atomic E-state index is 12.3. The normalized spacial score (nSPS) is 10.7. The van der Waals surface area contributed by atoms with E-state index in [9.17, 15) is 4.79 Å². The summed E-state index contributed by atoms with van der Waals surface area (Å²) in [6.45, 7) is 4.14. The highest BCUT2D eigenvalue weighted by Crippen LogP contribution is 2.22. The van der Waals surface area contributed by atoms with E-state index in [0.29, 0.717) is 12.1 Å². The molecule has 0 fully saturated rings. The zero-order valence-electron chi connectivity index (χ0n) is 9.85. The summed E-state index contributed by atoms with van der Waals surface area (Å²) in [5, 5.41) is 8.98. The molecule has 1 rings (SSSR count). The molecule has 0 atom stereocenters. The molecule has 5 heteroatoms. The molecule has 0 spiro atoms. The average Bonchev–Trinajstić information content (AvgIpc) is 2.28. The molecule has 0 heterocycles. The van der Waals surface area contributed by atoms with Crippen LogP contribution in [0.2, 0.25) is 0 Å². The van der Waals surface area contributed by atoms with Crippen LogP contribution >= 0.6 is 28.6 Å². The summed E-state index contributed by atoms with van der Waals surface area (Å²) in [7, 11) is 0. The van der Waals surface area contributed by atoms with E-state index >= 15 is 0 Å². The van der Waals surface area contributed by atoms with Crippen molar-refractivity contribution in [3.05, 3.63) is 28.2 Å². The molecule has 1 amide bonds. The number of aliphatic hydroxyl groups is 1. The predicted octanol–water partition coefficient (Wildman–Crippen LogP) is 2.58. The van der Waals surface area contributed by atoms with Gasteiger partial charge in [0.05, 0.1) is 12.2 Å². The molecule has 0 unspecified atom stereocenters. The molecule has 0 aliphatic carbocycles. The number of carbonyl (C=O) groups is 1. The van der Waals surface area contributed by atoms with Crippen LogP contribution in [0.1, 0.15) is 24.2 Å². The number of halogens is 1. The van der Waals surface area contributed by atoms with Gasteiger partial charge in [-0.05, 0) is 48.0 Å². The van der Waals surface area contributed by atoms with Crippen molar-refractivity contribution < 1.29 is 9.90 Å². The van der Waals surface area contributed by atoms with Crippen molar-refractivity contribution in [2.45, 2.75) is 24.8 Å². The highest BCUT2D eigenvalue weighted by molar-refractivity contribution is 9.10. The van der Waals surface area contributed by atoms with Crippen molar-refractivity contribution >= 4 is 34.5 Å². The number of hydrogen-bond acceptors (Lipinski definition) is 3. The van der Waals surface area contributed by atoms with Gasteiger partial charge in [-0.25, -0.2) is 0 Å². The van der Waals surface area contributed by atoms with Crippen LogP contribution in [0, 0.1) is 0 Å². The summed E-state index contributed by atoms with van der Waals surface area (Å²) in [4.78, 5) is 14.7. The van der Waals surface area contributed by atoms with Crippen LogP contribution in [0.5, 0.6) is 0 Å². The molecule has 3 nitrogen and oxygen atoms in total. The van der Waals surface area contributed by atoms with E-state index in [1.807, 2.05) is 19.9 Å². The lowest BCUT2D eigenvalue weighted by Gasteiger charge is -2.26. The summed E-state index contributed by atoms with van der Waals surface area (Å²) in [6, 6.07) is 5.38. The number of thiol groups is 1. The minimum Gasteiger partial charge on any atom is -0.395 e. The topological polar surface area (TPSA) is 40.5 Å². The monoisotopic (exact) mass is 317 g/mol. The zero-order chi connectivity index (χ0) is 13.0. The fourth-order valence-electron chi connectivity index (χ4n) is 1.53. The Balaban J connectivity index is 3.04. The van der Waals surface area contributed by atoms with Crippen LogP contribution in [-0.4, -0.2) is 35.1 Å². The second-order valence-corrected chi connectivity index (χ2v) is 5.35. The van der Waals surface area contributed by atoms with E-state index in [1.54, 1.807) is 17.0 Å². The van der Waals surface area contributed by atoms with Gasteiger partial charge in [-0.15, -0.1) is 12.6 Å². The molecule has 0 aromatic heterocycles. The van der Waals surface area contributed by atoms with Gasteiger partial charge in [0.2, 0.25) is 0 Å². The maximum Gasteiger partial charge on any atom is 0.255 e.